The number of likely N-dealkylation sites (N-methyl/N-ethyl adjacent to an activating group) is 1. The van der Waals surface area contributed by atoms with Gasteiger partial charge in [0.25, 0.3) is 0 Å². The van der Waals surface area contributed by atoms with Crippen molar-refractivity contribution in [2.45, 2.75) is 32.4 Å². The van der Waals surface area contributed by atoms with Gasteiger partial charge in [0, 0.05) is 24.5 Å². The minimum absolute atomic E-state index is 0.122. The summed E-state index contributed by atoms with van der Waals surface area (Å²) in [4.78, 5) is 8.21. The third-order valence-electron chi connectivity index (χ3n) is 3.02. The van der Waals surface area contributed by atoms with E-state index < -0.39 is 0 Å². The highest BCUT2D eigenvalue weighted by Crippen LogP contribution is 2.31. The predicted octanol–water partition coefficient (Wildman–Crippen LogP) is 1.73. The molecule has 1 saturated heterocycles. The lowest BCUT2D eigenvalue weighted by atomic mass is 10.1. The van der Waals surface area contributed by atoms with Crippen LogP contribution >= 0.6 is 11.3 Å². The number of hydrogen-bond donors (Lipinski definition) is 1. The number of morpholine rings is 1. The van der Waals surface area contributed by atoms with E-state index in [0.29, 0.717) is 12.5 Å². The first-order chi connectivity index (χ1) is 8.11. The van der Waals surface area contributed by atoms with Crippen LogP contribution in [-0.2, 0) is 11.3 Å². The molecular formula is C12H21N3OS. The fourth-order valence-electron chi connectivity index (χ4n) is 2.04. The van der Waals surface area contributed by atoms with E-state index in [9.17, 15) is 0 Å². The van der Waals surface area contributed by atoms with Gasteiger partial charge in [0.1, 0.15) is 11.1 Å². The molecule has 1 aliphatic heterocycles. The standard InChI is InChI=1S/C12H21N3OS/c1-8(2)11-10(6-13)17-12(14-11)9-7-15(3)4-5-16-9/h8-9H,4-7,13H2,1-3H3. The van der Waals surface area contributed by atoms with Crippen LogP contribution in [0.4, 0.5) is 0 Å². The monoisotopic (exact) mass is 255 g/mol. The lowest BCUT2D eigenvalue weighted by Gasteiger charge is -2.28. The molecular weight excluding hydrogens is 234 g/mol. The molecule has 0 saturated carbocycles. The van der Waals surface area contributed by atoms with Crippen molar-refractivity contribution in [3.05, 3.63) is 15.6 Å². The van der Waals surface area contributed by atoms with Crippen molar-refractivity contribution in [1.29, 1.82) is 0 Å². The molecule has 5 heteroatoms. The highest BCUT2D eigenvalue weighted by molar-refractivity contribution is 7.11. The van der Waals surface area contributed by atoms with Crippen molar-refractivity contribution in [3.8, 4) is 0 Å². The fourth-order valence-corrected chi connectivity index (χ4v) is 3.18. The number of rotatable bonds is 3. The Balaban J connectivity index is 2.20. The minimum Gasteiger partial charge on any atom is -0.368 e. The molecule has 0 aromatic carbocycles. The summed E-state index contributed by atoms with van der Waals surface area (Å²) < 4.78 is 5.79. The fraction of sp³-hybridized carbons (Fsp3) is 0.750. The largest absolute Gasteiger partial charge is 0.368 e. The van der Waals surface area contributed by atoms with Gasteiger partial charge in [-0.2, -0.15) is 0 Å². The summed E-state index contributed by atoms with van der Waals surface area (Å²) in [5, 5.41) is 1.08. The Morgan fingerprint density at radius 2 is 2.35 bits per heavy atom. The second-order valence-corrected chi connectivity index (χ2v) is 5.96. The highest BCUT2D eigenvalue weighted by Gasteiger charge is 2.24. The number of aromatic nitrogens is 1. The van der Waals surface area contributed by atoms with E-state index in [4.69, 9.17) is 15.5 Å². The number of nitrogens with two attached hydrogens (primary N) is 1. The van der Waals surface area contributed by atoms with Crippen LogP contribution in [0.1, 0.15) is 41.4 Å². The summed E-state index contributed by atoms with van der Waals surface area (Å²) in [6, 6.07) is 0. The molecule has 1 aliphatic rings. The molecule has 17 heavy (non-hydrogen) atoms. The molecule has 0 amide bonds. The lowest BCUT2D eigenvalue weighted by molar-refractivity contribution is -0.0210. The summed E-state index contributed by atoms with van der Waals surface area (Å²) in [7, 11) is 2.12. The van der Waals surface area contributed by atoms with Gasteiger partial charge < -0.3 is 15.4 Å². The third-order valence-corrected chi connectivity index (χ3v) is 4.21. The molecule has 1 fully saturated rings. The van der Waals surface area contributed by atoms with E-state index in [2.05, 4.69) is 25.8 Å². The van der Waals surface area contributed by atoms with Crippen molar-refractivity contribution in [2.75, 3.05) is 26.7 Å². The molecule has 2 rings (SSSR count). The Kier molecular flexibility index (Phi) is 4.14. The quantitative estimate of drug-likeness (QED) is 0.893. The van der Waals surface area contributed by atoms with Gasteiger partial charge in [0.2, 0.25) is 0 Å². The van der Waals surface area contributed by atoms with Crippen LogP contribution in [0.15, 0.2) is 0 Å². The number of nitrogens with zero attached hydrogens (tertiary/aromatic N) is 2. The zero-order valence-corrected chi connectivity index (χ0v) is 11.6. The van der Waals surface area contributed by atoms with Gasteiger partial charge in [-0.1, -0.05) is 13.8 Å². The smallest absolute Gasteiger partial charge is 0.123 e. The normalized spacial score (nSPS) is 22.3. The summed E-state index contributed by atoms with van der Waals surface area (Å²) in [5.74, 6) is 0.430. The Hall–Kier alpha value is -0.490. The van der Waals surface area contributed by atoms with E-state index in [1.54, 1.807) is 11.3 Å². The van der Waals surface area contributed by atoms with Crippen LogP contribution in [-0.4, -0.2) is 36.6 Å². The van der Waals surface area contributed by atoms with Gasteiger partial charge in [-0.3, -0.25) is 0 Å². The summed E-state index contributed by atoms with van der Waals surface area (Å²) in [6.07, 6.45) is 0.122. The van der Waals surface area contributed by atoms with Crippen molar-refractivity contribution in [3.63, 3.8) is 0 Å². The summed E-state index contributed by atoms with van der Waals surface area (Å²) in [5.41, 5.74) is 6.92. The second-order valence-electron chi connectivity index (χ2n) is 4.84. The maximum absolute atomic E-state index is 5.79. The first kappa shape index (κ1) is 13.0. The average molecular weight is 255 g/mol. The Morgan fingerprint density at radius 3 is 2.88 bits per heavy atom. The Labute approximate surface area is 107 Å². The molecule has 2 N–H and O–H groups in total. The SMILES string of the molecule is CC(C)c1nc(C2CN(C)CCO2)sc1CN. The van der Waals surface area contributed by atoms with E-state index in [1.165, 1.54) is 4.88 Å². The summed E-state index contributed by atoms with van der Waals surface area (Å²) >= 11 is 1.71. The number of ether oxygens (including phenoxy) is 1. The zero-order chi connectivity index (χ0) is 12.4. The average Bonchev–Trinajstić information content (AvgIpc) is 2.73. The minimum atomic E-state index is 0.122. The first-order valence-corrected chi connectivity index (χ1v) is 6.93. The van der Waals surface area contributed by atoms with Gasteiger partial charge in [-0.15, -0.1) is 11.3 Å². The summed E-state index contributed by atoms with van der Waals surface area (Å²) in [6.45, 7) is 7.61. The maximum atomic E-state index is 5.79. The Bertz CT molecular complexity index is 378. The van der Waals surface area contributed by atoms with E-state index in [1.807, 2.05) is 0 Å². The predicted molar refractivity (Wildman–Crippen MR) is 70.3 cm³/mol. The lowest BCUT2D eigenvalue weighted by Crippen LogP contribution is -2.35. The van der Waals surface area contributed by atoms with Crippen molar-refractivity contribution >= 4 is 11.3 Å². The third kappa shape index (κ3) is 2.85. The van der Waals surface area contributed by atoms with Gasteiger partial charge in [-0.05, 0) is 13.0 Å². The van der Waals surface area contributed by atoms with Gasteiger partial charge >= 0.3 is 0 Å². The van der Waals surface area contributed by atoms with E-state index in [0.717, 1.165) is 30.4 Å². The highest BCUT2D eigenvalue weighted by atomic mass is 32.1. The van der Waals surface area contributed by atoms with Crippen molar-refractivity contribution in [2.24, 2.45) is 5.73 Å². The number of hydrogen-bond acceptors (Lipinski definition) is 5. The van der Waals surface area contributed by atoms with E-state index >= 15 is 0 Å². The number of thiazole rings is 1. The van der Waals surface area contributed by atoms with Crippen LogP contribution in [0.2, 0.25) is 0 Å². The molecule has 4 nitrogen and oxygen atoms in total. The topological polar surface area (TPSA) is 51.4 Å². The molecule has 0 bridgehead atoms. The van der Waals surface area contributed by atoms with Crippen LogP contribution in [0.3, 0.4) is 0 Å². The molecule has 96 valence electrons. The van der Waals surface area contributed by atoms with Gasteiger partial charge in [0.15, 0.2) is 0 Å². The van der Waals surface area contributed by atoms with Gasteiger partial charge in [-0.25, -0.2) is 4.98 Å². The van der Waals surface area contributed by atoms with Crippen molar-refractivity contribution in [1.82, 2.24) is 9.88 Å². The zero-order valence-electron chi connectivity index (χ0n) is 10.8. The van der Waals surface area contributed by atoms with E-state index in [-0.39, 0.29) is 6.10 Å². The first-order valence-electron chi connectivity index (χ1n) is 6.11. The van der Waals surface area contributed by atoms with Crippen LogP contribution < -0.4 is 5.73 Å². The van der Waals surface area contributed by atoms with Crippen molar-refractivity contribution < 1.29 is 4.74 Å². The molecule has 1 atom stereocenters. The van der Waals surface area contributed by atoms with Crippen LogP contribution in [0.5, 0.6) is 0 Å². The van der Waals surface area contributed by atoms with Crippen LogP contribution in [0.25, 0.3) is 0 Å². The molecule has 1 unspecified atom stereocenters. The second kappa shape index (κ2) is 5.44. The van der Waals surface area contributed by atoms with Crippen LogP contribution in [0, 0.1) is 0 Å². The molecule has 1 aromatic heterocycles. The molecule has 0 spiro atoms. The Morgan fingerprint density at radius 1 is 1.59 bits per heavy atom. The molecule has 2 heterocycles. The molecule has 1 aromatic rings. The maximum Gasteiger partial charge on any atom is 0.123 e. The van der Waals surface area contributed by atoms with Gasteiger partial charge in [0.05, 0.1) is 12.3 Å². The molecule has 0 radical (unpaired) electrons. The molecule has 0 aliphatic carbocycles.